The minimum atomic E-state index is -0.193. The summed E-state index contributed by atoms with van der Waals surface area (Å²) in [4.78, 5) is 35.7. The largest absolute Gasteiger partial charge is 0.356 e. The Labute approximate surface area is 202 Å². The fraction of sp³-hybridized carbons (Fsp3) is 0.280. The summed E-state index contributed by atoms with van der Waals surface area (Å²) in [5.74, 6) is 0.429. The van der Waals surface area contributed by atoms with Crippen LogP contribution in [0.4, 0.5) is 5.82 Å². The van der Waals surface area contributed by atoms with E-state index in [4.69, 9.17) is 17.2 Å². The van der Waals surface area contributed by atoms with Crippen LogP contribution in [0.15, 0.2) is 64.4 Å². The smallest absolute Gasteiger partial charge is 0.267 e. The van der Waals surface area contributed by atoms with E-state index in [2.05, 4.69) is 18.7 Å². The van der Waals surface area contributed by atoms with E-state index >= 15 is 0 Å². The van der Waals surface area contributed by atoms with Crippen molar-refractivity contribution in [2.45, 2.75) is 33.2 Å². The van der Waals surface area contributed by atoms with Gasteiger partial charge in [-0.25, -0.2) is 4.98 Å². The summed E-state index contributed by atoms with van der Waals surface area (Å²) >= 11 is 6.74. The van der Waals surface area contributed by atoms with E-state index in [0.29, 0.717) is 32.8 Å². The molecule has 0 N–H and O–H groups in total. The minimum Gasteiger partial charge on any atom is -0.356 e. The zero-order chi connectivity index (χ0) is 23.4. The van der Waals surface area contributed by atoms with Gasteiger partial charge in [-0.2, -0.15) is 0 Å². The lowest BCUT2D eigenvalue weighted by Gasteiger charge is -2.24. The Morgan fingerprint density at radius 3 is 2.42 bits per heavy atom. The molecule has 1 aromatic carbocycles. The summed E-state index contributed by atoms with van der Waals surface area (Å²) in [6, 6.07) is 15.2. The second-order valence-corrected chi connectivity index (χ2v) is 9.50. The molecule has 0 saturated carbocycles. The van der Waals surface area contributed by atoms with Crippen molar-refractivity contribution in [2.24, 2.45) is 0 Å². The van der Waals surface area contributed by atoms with Crippen molar-refractivity contribution in [1.29, 1.82) is 0 Å². The molecule has 0 unspecified atom stereocenters. The number of amides is 1. The maximum Gasteiger partial charge on any atom is 0.267 e. The van der Waals surface area contributed by atoms with Crippen molar-refractivity contribution in [3.63, 3.8) is 0 Å². The molecule has 8 heteroatoms. The number of anilines is 1. The number of rotatable bonds is 8. The molecule has 1 fully saturated rings. The zero-order valence-corrected chi connectivity index (χ0v) is 20.4. The van der Waals surface area contributed by atoms with Crippen LogP contribution in [0.2, 0.25) is 0 Å². The molecule has 170 valence electrons. The van der Waals surface area contributed by atoms with Crippen LogP contribution in [0.25, 0.3) is 11.7 Å². The Balaban J connectivity index is 1.79. The fourth-order valence-electron chi connectivity index (χ4n) is 3.86. The standard InChI is InChI=1S/C25H26N4O2S2/c1-3-13-27(14-4-2)22-19(23(30)28-15-9-8-12-21(28)26-22)16-20-24(31)29(25(32)33-20)17-18-10-6-5-7-11-18/h5-12,15-16H,3-4,13-14,17H2,1-2H3/b20-16-. The molecule has 0 atom stereocenters. The van der Waals surface area contributed by atoms with Crippen LogP contribution in [-0.4, -0.2) is 37.6 Å². The van der Waals surface area contributed by atoms with Crippen LogP contribution in [0, 0.1) is 0 Å². The van der Waals surface area contributed by atoms with Crippen LogP contribution in [-0.2, 0) is 11.3 Å². The number of hydrogen-bond donors (Lipinski definition) is 0. The molecule has 0 aliphatic carbocycles. The van der Waals surface area contributed by atoms with Gasteiger partial charge >= 0.3 is 0 Å². The van der Waals surface area contributed by atoms with E-state index in [1.165, 1.54) is 16.2 Å². The average molecular weight is 479 g/mol. The van der Waals surface area contributed by atoms with Gasteiger partial charge in [0, 0.05) is 19.3 Å². The number of aromatic nitrogens is 2. The van der Waals surface area contributed by atoms with Gasteiger partial charge in [-0.05, 0) is 36.6 Å². The van der Waals surface area contributed by atoms with Gasteiger partial charge < -0.3 is 4.90 Å². The topological polar surface area (TPSA) is 57.9 Å². The number of carbonyl (C=O) groups is 1. The van der Waals surface area contributed by atoms with Crippen molar-refractivity contribution < 1.29 is 4.79 Å². The predicted octanol–water partition coefficient (Wildman–Crippen LogP) is 4.72. The number of hydrogen-bond acceptors (Lipinski definition) is 6. The molecule has 2 aromatic heterocycles. The summed E-state index contributed by atoms with van der Waals surface area (Å²) in [5, 5.41) is 0. The van der Waals surface area contributed by atoms with E-state index in [9.17, 15) is 9.59 Å². The van der Waals surface area contributed by atoms with Crippen molar-refractivity contribution in [3.05, 3.63) is 81.1 Å². The highest BCUT2D eigenvalue weighted by molar-refractivity contribution is 8.26. The highest BCUT2D eigenvalue weighted by Crippen LogP contribution is 2.34. The van der Waals surface area contributed by atoms with Crippen molar-refractivity contribution in [2.75, 3.05) is 18.0 Å². The molecule has 1 aliphatic heterocycles. The normalized spacial score (nSPS) is 15.1. The molecular formula is C25H26N4O2S2. The molecule has 1 amide bonds. The molecule has 0 radical (unpaired) electrons. The van der Waals surface area contributed by atoms with Crippen molar-refractivity contribution in [1.82, 2.24) is 14.3 Å². The van der Waals surface area contributed by atoms with Gasteiger partial charge in [0.15, 0.2) is 0 Å². The summed E-state index contributed by atoms with van der Waals surface area (Å²) in [6.07, 6.45) is 5.23. The zero-order valence-electron chi connectivity index (χ0n) is 18.7. The van der Waals surface area contributed by atoms with Crippen LogP contribution in [0.1, 0.15) is 37.8 Å². The number of benzene rings is 1. The lowest BCUT2D eigenvalue weighted by atomic mass is 10.2. The predicted molar refractivity (Wildman–Crippen MR) is 139 cm³/mol. The number of fused-ring (bicyclic) bond motifs is 1. The molecule has 0 bridgehead atoms. The molecule has 0 spiro atoms. The van der Waals surface area contributed by atoms with Gasteiger partial charge in [0.25, 0.3) is 11.5 Å². The van der Waals surface area contributed by atoms with E-state index in [-0.39, 0.29) is 11.5 Å². The van der Waals surface area contributed by atoms with Crippen molar-refractivity contribution in [3.8, 4) is 0 Å². The molecule has 4 rings (SSSR count). The van der Waals surface area contributed by atoms with Gasteiger partial charge in [0.1, 0.15) is 15.8 Å². The lowest BCUT2D eigenvalue weighted by Crippen LogP contribution is -2.31. The van der Waals surface area contributed by atoms with Crippen LogP contribution in [0.5, 0.6) is 0 Å². The van der Waals surface area contributed by atoms with E-state index in [1.54, 1.807) is 23.2 Å². The highest BCUT2D eigenvalue weighted by Gasteiger charge is 2.33. The lowest BCUT2D eigenvalue weighted by molar-refractivity contribution is -0.122. The number of thiocarbonyl (C=S) groups is 1. The Kier molecular flexibility index (Phi) is 7.25. The maximum absolute atomic E-state index is 13.5. The van der Waals surface area contributed by atoms with Gasteiger partial charge in [0.05, 0.1) is 17.0 Å². The first-order valence-corrected chi connectivity index (χ1v) is 12.3. The third-order valence-electron chi connectivity index (χ3n) is 5.37. The first kappa shape index (κ1) is 23.2. The summed E-state index contributed by atoms with van der Waals surface area (Å²) < 4.78 is 2.01. The third kappa shape index (κ3) is 4.86. The Bertz CT molecular complexity index is 1260. The molecule has 33 heavy (non-hydrogen) atoms. The number of carbonyl (C=O) groups excluding carboxylic acids is 1. The summed E-state index contributed by atoms with van der Waals surface area (Å²) in [5.41, 5.74) is 1.81. The van der Waals surface area contributed by atoms with Gasteiger partial charge in [-0.1, -0.05) is 74.2 Å². The quantitative estimate of drug-likeness (QED) is 0.345. The maximum atomic E-state index is 13.5. The van der Waals surface area contributed by atoms with Gasteiger partial charge in [0.2, 0.25) is 0 Å². The summed E-state index contributed by atoms with van der Waals surface area (Å²) in [7, 11) is 0. The molecule has 6 nitrogen and oxygen atoms in total. The van der Waals surface area contributed by atoms with E-state index in [0.717, 1.165) is 31.5 Å². The fourth-order valence-corrected chi connectivity index (χ4v) is 5.09. The second kappa shape index (κ2) is 10.3. The number of thioether (sulfide) groups is 1. The Morgan fingerprint density at radius 1 is 1.03 bits per heavy atom. The molecule has 3 heterocycles. The summed E-state index contributed by atoms with van der Waals surface area (Å²) in [6.45, 7) is 6.16. The first-order chi connectivity index (χ1) is 16.0. The average Bonchev–Trinajstić information content (AvgIpc) is 3.08. The second-order valence-electron chi connectivity index (χ2n) is 7.82. The van der Waals surface area contributed by atoms with Crippen LogP contribution in [0.3, 0.4) is 0 Å². The molecule has 1 saturated heterocycles. The van der Waals surface area contributed by atoms with E-state index in [1.807, 2.05) is 42.5 Å². The Hall–Kier alpha value is -2.97. The Morgan fingerprint density at radius 2 is 1.73 bits per heavy atom. The number of pyridine rings is 1. The SMILES string of the molecule is CCCN(CCC)c1nc2ccccn2c(=O)c1/C=C1\SC(=S)N(Cc2ccccc2)C1=O. The first-order valence-electron chi connectivity index (χ1n) is 11.1. The van der Waals surface area contributed by atoms with Gasteiger partial charge in [-0.15, -0.1) is 0 Å². The van der Waals surface area contributed by atoms with Crippen LogP contribution < -0.4 is 10.5 Å². The number of nitrogens with zero attached hydrogens (tertiary/aromatic N) is 4. The molecule has 1 aliphatic rings. The monoisotopic (exact) mass is 478 g/mol. The molecular weight excluding hydrogens is 452 g/mol. The van der Waals surface area contributed by atoms with Gasteiger partial charge in [-0.3, -0.25) is 18.9 Å². The van der Waals surface area contributed by atoms with E-state index < -0.39 is 0 Å². The van der Waals surface area contributed by atoms with Crippen molar-refractivity contribution >= 4 is 51.7 Å². The third-order valence-corrected chi connectivity index (χ3v) is 6.75. The highest BCUT2D eigenvalue weighted by atomic mass is 32.2. The van der Waals surface area contributed by atoms with Crippen LogP contribution >= 0.6 is 24.0 Å². The molecule has 3 aromatic rings. The minimum absolute atomic E-state index is 0.185.